The molecule has 1 aromatic carbocycles. The maximum Gasteiger partial charge on any atom is 0.338 e. The molecule has 0 amide bonds. The molecular formula is C12H17ClN2O3. The summed E-state index contributed by atoms with van der Waals surface area (Å²) in [6.45, 7) is 2.19. The third-order valence-corrected chi connectivity index (χ3v) is 2.21. The van der Waals surface area contributed by atoms with Gasteiger partial charge in [0, 0.05) is 17.7 Å². The molecule has 1 aromatic rings. The molecule has 18 heavy (non-hydrogen) atoms. The fourth-order valence-corrected chi connectivity index (χ4v) is 1.45. The Kier molecular flexibility index (Phi) is 7.00. The Morgan fingerprint density at radius 1 is 1.28 bits per heavy atom. The van der Waals surface area contributed by atoms with Crippen LogP contribution in [0.5, 0.6) is 0 Å². The Balaban J connectivity index is 0.00000289. The van der Waals surface area contributed by atoms with Crippen LogP contribution in [0.4, 0.5) is 5.69 Å². The van der Waals surface area contributed by atoms with Crippen molar-refractivity contribution in [2.45, 2.75) is 13.3 Å². The molecule has 0 aliphatic rings. The molecule has 0 radical (unpaired) electrons. The van der Waals surface area contributed by atoms with Crippen molar-refractivity contribution in [2.24, 2.45) is 5.73 Å². The van der Waals surface area contributed by atoms with Crippen molar-refractivity contribution in [3.63, 3.8) is 0 Å². The van der Waals surface area contributed by atoms with Crippen LogP contribution in [0.1, 0.15) is 34.1 Å². The molecule has 6 heteroatoms. The first kappa shape index (κ1) is 16.4. The number of carbonyl (C=O) groups excluding carboxylic acids is 2. The summed E-state index contributed by atoms with van der Waals surface area (Å²) in [7, 11) is 0. The molecule has 0 aliphatic heterocycles. The number of esters is 1. The average molecular weight is 273 g/mol. The molecule has 0 heterocycles. The number of carbonyl (C=O) groups is 2. The molecule has 0 aromatic heterocycles. The van der Waals surface area contributed by atoms with Gasteiger partial charge in [-0.1, -0.05) is 0 Å². The zero-order valence-electron chi connectivity index (χ0n) is 10.1. The first-order valence-corrected chi connectivity index (χ1v) is 5.40. The Morgan fingerprint density at radius 3 is 2.50 bits per heavy atom. The van der Waals surface area contributed by atoms with Crippen molar-refractivity contribution < 1.29 is 14.3 Å². The molecule has 4 N–H and O–H groups in total. The summed E-state index contributed by atoms with van der Waals surface area (Å²) >= 11 is 0. The van der Waals surface area contributed by atoms with Crippen molar-refractivity contribution in [1.29, 1.82) is 0 Å². The van der Waals surface area contributed by atoms with E-state index in [-0.39, 0.29) is 48.9 Å². The van der Waals surface area contributed by atoms with E-state index in [1.807, 2.05) is 0 Å². The van der Waals surface area contributed by atoms with Gasteiger partial charge in [-0.25, -0.2) is 4.79 Å². The Morgan fingerprint density at radius 2 is 1.94 bits per heavy atom. The van der Waals surface area contributed by atoms with Crippen LogP contribution >= 0.6 is 12.4 Å². The van der Waals surface area contributed by atoms with Crippen molar-refractivity contribution in [3.05, 3.63) is 29.3 Å². The van der Waals surface area contributed by atoms with Crippen LogP contribution < -0.4 is 11.5 Å². The second-order valence-electron chi connectivity index (χ2n) is 3.49. The lowest BCUT2D eigenvalue weighted by atomic mass is 10.0. The van der Waals surface area contributed by atoms with Crippen LogP contribution in [0.25, 0.3) is 0 Å². The number of nitrogen functional groups attached to an aromatic ring is 1. The van der Waals surface area contributed by atoms with Crippen molar-refractivity contribution in [3.8, 4) is 0 Å². The standard InChI is InChI=1S/C12H16N2O3.ClH/c1-2-17-12(16)9-4-3-8(14)7-10(9)11(15)5-6-13;/h3-4,7H,2,5-6,13-14H2,1H3;1H. The number of hydrogen-bond donors (Lipinski definition) is 2. The van der Waals surface area contributed by atoms with Gasteiger partial charge in [0.15, 0.2) is 5.78 Å². The Labute approximate surface area is 112 Å². The minimum absolute atomic E-state index is 0. The summed E-state index contributed by atoms with van der Waals surface area (Å²) in [5.74, 6) is -0.726. The second kappa shape index (κ2) is 7.68. The zero-order valence-corrected chi connectivity index (χ0v) is 11.0. The normalized spacial score (nSPS) is 9.44. The van der Waals surface area contributed by atoms with Crippen molar-refractivity contribution >= 4 is 29.8 Å². The third kappa shape index (κ3) is 4.01. The molecule has 0 saturated carbocycles. The monoisotopic (exact) mass is 272 g/mol. The van der Waals surface area contributed by atoms with E-state index in [0.29, 0.717) is 5.69 Å². The van der Waals surface area contributed by atoms with Gasteiger partial charge >= 0.3 is 5.97 Å². The predicted molar refractivity (Wildman–Crippen MR) is 72.1 cm³/mol. The number of halogens is 1. The molecule has 0 aliphatic carbocycles. The SMILES string of the molecule is CCOC(=O)c1ccc(N)cc1C(=O)CCN.Cl. The minimum atomic E-state index is -0.520. The number of Topliss-reactive ketones (excluding diaryl/α,β-unsaturated/α-hetero) is 1. The molecule has 5 nitrogen and oxygen atoms in total. The van der Waals surface area contributed by atoms with E-state index in [1.54, 1.807) is 13.0 Å². The van der Waals surface area contributed by atoms with Crippen LogP contribution in [0.15, 0.2) is 18.2 Å². The number of ketones is 1. The Bertz CT molecular complexity index is 435. The van der Waals surface area contributed by atoms with Gasteiger partial charge in [0.2, 0.25) is 0 Å². The summed E-state index contributed by atoms with van der Waals surface area (Å²) in [6.07, 6.45) is 0.176. The van der Waals surface area contributed by atoms with Crippen molar-refractivity contribution in [1.82, 2.24) is 0 Å². The maximum atomic E-state index is 11.8. The topological polar surface area (TPSA) is 95.4 Å². The van der Waals surface area contributed by atoms with Crippen LogP contribution in [0.2, 0.25) is 0 Å². The van der Waals surface area contributed by atoms with Gasteiger partial charge in [0.25, 0.3) is 0 Å². The van der Waals surface area contributed by atoms with Gasteiger partial charge in [-0.15, -0.1) is 12.4 Å². The molecule has 100 valence electrons. The summed E-state index contributed by atoms with van der Waals surface area (Å²) in [4.78, 5) is 23.4. The van der Waals surface area contributed by atoms with E-state index in [4.69, 9.17) is 16.2 Å². The van der Waals surface area contributed by atoms with E-state index < -0.39 is 5.97 Å². The molecule has 0 unspecified atom stereocenters. The Hall–Kier alpha value is -1.59. The van der Waals surface area contributed by atoms with E-state index in [0.717, 1.165) is 0 Å². The summed E-state index contributed by atoms with van der Waals surface area (Å²) in [5.41, 5.74) is 11.9. The highest BCUT2D eigenvalue weighted by atomic mass is 35.5. The van der Waals surface area contributed by atoms with Gasteiger partial charge in [-0.05, 0) is 31.7 Å². The molecule has 1 rings (SSSR count). The highest BCUT2D eigenvalue weighted by Crippen LogP contribution is 2.16. The molecular weight excluding hydrogens is 256 g/mol. The number of nitrogens with two attached hydrogens (primary N) is 2. The number of hydrogen-bond acceptors (Lipinski definition) is 5. The predicted octanol–water partition coefficient (Wildman–Crippen LogP) is 1.40. The quantitative estimate of drug-likeness (QED) is 0.480. The van der Waals surface area contributed by atoms with Gasteiger partial charge in [0.1, 0.15) is 0 Å². The number of rotatable bonds is 5. The lowest BCUT2D eigenvalue weighted by Gasteiger charge is -2.08. The fraction of sp³-hybridized carbons (Fsp3) is 0.333. The molecule has 0 saturated heterocycles. The number of benzene rings is 1. The lowest BCUT2D eigenvalue weighted by molar-refractivity contribution is 0.0523. The largest absolute Gasteiger partial charge is 0.462 e. The summed E-state index contributed by atoms with van der Waals surface area (Å²) in [5, 5.41) is 0. The van der Waals surface area contributed by atoms with Crippen LogP contribution in [-0.2, 0) is 4.74 Å². The maximum absolute atomic E-state index is 11.8. The number of anilines is 1. The fourth-order valence-electron chi connectivity index (χ4n) is 1.45. The van der Waals surface area contributed by atoms with E-state index in [1.165, 1.54) is 12.1 Å². The highest BCUT2D eigenvalue weighted by Gasteiger charge is 2.17. The first-order chi connectivity index (χ1) is 8.10. The van der Waals surface area contributed by atoms with Gasteiger partial charge in [-0.3, -0.25) is 4.79 Å². The van der Waals surface area contributed by atoms with Crippen LogP contribution in [0, 0.1) is 0 Å². The second-order valence-corrected chi connectivity index (χ2v) is 3.49. The van der Waals surface area contributed by atoms with E-state index in [2.05, 4.69) is 0 Å². The molecule has 0 bridgehead atoms. The molecule has 0 spiro atoms. The van der Waals surface area contributed by atoms with Gasteiger partial charge in [-0.2, -0.15) is 0 Å². The van der Waals surface area contributed by atoms with Crippen LogP contribution in [0.3, 0.4) is 0 Å². The van der Waals surface area contributed by atoms with Gasteiger partial charge in [0.05, 0.1) is 12.2 Å². The third-order valence-electron chi connectivity index (χ3n) is 2.21. The summed E-state index contributed by atoms with van der Waals surface area (Å²) in [6, 6.07) is 4.53. The molecule has 0 atom stereocenters. The lowest BCUT2D eigenvalue weighted by Crippen LogP contribution is -2.15. The molecule has 0 fully saturated rings. The summed E-state index contributed by atoms with van der Waals surface area (Å²) < 4.78 is 4.87. The average Bonchev–Trinajstić information content (AvgIpc) is 2.29. The zero-order chi connectivity index (χ0) is 12.8. The smallest absolute Gasteiger partial charge is 0.338 e. The van der Waals surface area contributed by atoms with Crippen molar-refractivity contribution in [2.75, 3.05) is 18.9 Å². The number of ether oxygens (including phenoxy) is 1. The first-order valence-electron chi connectivity index (χ1n) is 5.40. The van der Waals surface area contributed by atoms with Crippen LogP contribution in [-0.4, -0.2) is 24.9 Å². The highest BCUT2D eigenvalue weighted by molar-refractivity contribution is 6.07. The van der Waals surface area contributed by atoms with E-state index in [9.17, 15) is 9.59 Å². The van der Waals surface area contributed by atoms with E-state index >= 15 is 0 Å². The minimum Gasteiger partial charge on any atom is -0.462 e. The van der Waals surface area contributed by atoms with Gasteiger partial charge < -0.3 is 16.2 Å².